The van der Waals surface area contributed by atoms with E-state index in [2.05, 4.69) is 33.5 Å². The summed E-state index contributed by atoms with van der Waals surface area (Å²) in [7, 11) is 0. The van der Waals surface area contributed by atoms with Gasteiger partial charge in [0.2, 0.25) is 0 Å². The highest BCUT2D eigenvalue weighted by Gasteiger charge is 2.36. The van der Waals surface area contributed by atoms with E-state index in [-0.39, 0.29) is 37.0 Å². The van der Waals surface area contributed by atoms with Gasteiger partial charge < -0.3 is 15.2 Å². The number of rotatable bonds is 2. The van der Waals surface area contributed by atoms with Crippen LogP contribution in [0.1, 0.15) is 23.3 Å². The first kappa shape index (κ1) is 20.7. The van der Waals surface area contributed by atoms with E-state index in [0.29, 0.717) is 0 Å². The number of halogens is 2. The number of aliphatic hydroxyl groups excluding tert-OH is 1. The lowest BCUT2D eigenvalue weighted by atomic mass is 9.90. The minimum Gasteiger partial charge on any atom is -0.384 e. The Bertz CT molecular complexity index is 526. The van der Waals surface area contributed by atoms with Crippen LogP contribution in [0, 0.1) is 11.8 Å². The van der Waals surface area contributed by atoms with Crippen molar-refractivity contribution in [1.82, 2.24) is 10.2 Å². The van der Waals surface area contributed by atoms with Crippen LogP contribution in [0.5, 0.6) is 0 Å². The zero-order chi connectivity index (χ0) is 14.5. The van der Waals surface area contributed by atoms with Gasteiger partial charge in [-0.15, -0.1) is 36.2 Å². The molecule has 3 heterocycles. The number of likely N-dealkylation sites (tertiary alicyclic amines) is 1. The third kappa shape index (κ3) is 5.61. The lowest BCUT2D eigenvalue weighted by Crippen LogP contribution is -2.55. The van der Waals surface area contributed by atoms with Crippen molar-refractivity contribution in [1.29, 1.82) is 0 Å². The molecule has 2 N–H and O–H groups in total. The van der Waals surface area contributed by atoms with Crippen molar-refractivity contribution >= 4 is 36.2 Å². The van der Waals surface area contributed by atoms with Crippen molar-refractivity contribution < 1.29 is 9.84 Å². The van der Waals surface area contributed by atoms with Gasteiger partial charge in [0.1, 0.15) is 6.61 Å². The summed E-state index contributed by atoms with van der Waals surface area (Å²) in [6.45, 7) is 5.94. The van der Waals surface area contributed by atoms with Crippen LogP contribution in [0.3, 0.4) is 0 Å². The maximum Gasteiger partial charge on any atom is 0.104 e. The van der Waals surface area contributed by atoms with Gasteiger partial charge in [-0.25, -0.2) is 0 Å². The first-order valence-corrected chi connectivity index (χ1v) is 8.42. The Morgan fingerprint density at radius 3 is 2.78 bits per heavy atom. The molecule has 4 nitrogen and oxygen atoms in total. The van der Waals surface area contributed by atoms with E-state index >= 15 is 0 Å². The molecule has 0 aromatic carbocycles. The van der Waals surface area contributed by atoms with Crippen molar-refractivity contribution in [3.63, 3.8) is 0 Å². The summed E-state index contributed by atoms with van der Waals surface area (Å²) in [5, 5.41) is 14.2. The lowest BCUT2D eigenvalue weighted by molar-refractivity contribution is -0.100. The van der Waals surface area contributed by atoms with Crippen LogP contribution >= 0.6 is 36.2 Å². The molecule has 0 atom stereocenters. The number of hydrogen-bond donors (Lipinski definition) is 2. The van der Waals surface area contributed by atoms with Crippen LogP contribution in [0.2, 0.25) is 0 Å². The number of nitrogens with one attached hydrogen (secondary N) is 1. The molecule has 3 rings (SSSR count). The molecule has 0 unspecified atom stereocenters. The average Bonchev–Trinajstić information content (AvgIpc) is 2.96. The lowest BCUT2D eigenvalue weighted by Gasteiger charge is -2.44. The van der Waals surface area contributed by atoms with Gasteiger partial charge in [-0.3, -0.25) is 4.90 Å². The van der Waals surface area contributed by atoms with Gasteiger partial charge in [0.15, 0.2) is 0 Å². The smallest absolute Gasteiger partial charge is 0.104 e. The first-order valence-electron chi connectivity index (χ1n) is 7.54. The quantitative estimate of drug-likeness (QED) is 0.771. The molecule has 23 heavy (non-hydrogen) atoms. The fourth-order valence-corrected chi connectivity index (χ4v) is 3.90. The van der Waals surface area contributed by atoms with Crippen molar-refractivity contribution in [2.75, 3.05) is 39.4 Å². The maximum atomic E-state index is 8.72. The van der Waals surface area contributed by atoms with E-state index in [1.807, 2.05) is 0 Å². The van der Waals surface area contributed by atoms with Crippen LogP contribution in [-0.2, 0) is 11.3 Å². The van der Waals surface area contributed by atoms with E-state index in [4.69, 9.17) is 9.84 Å². The van der Waals surface area contributed by atoms with E-state index in [1.54, 1.807) is 11.3 Å². The van der Waals surface area contributed by atoms with E-state index in [0.717, 1.165) is 57.7 Å². The highest BCUT2D eigenvalue weighted by atomic mass is 35.5. The number of thiophene rings is 1. The van der Waals surface area contributed by atoms with Crippen molar-refractivity contribution in [3.05, 3.63) is 21.9 Å². The Balaban J connectivity index is 0.00000132. The Hall–Kier alpha value is -0.320. The summed E-state index contributed by atoms with van der Waals surface area (Å²) in [5.74, 6) is 5.66. The van der Waals surface area contributed by atoms with Crippen LogP contribution in [0.15, 0.2) is 11.4 Å². The summed E-state index contributed by atoms with van der Waals surface area (Å²) < 4.78 is 6.02. The predicted molar refractivity (Wildman–Crippen MR) is 98.8 cm³/mol. The molecule has 0 bridgehead atoms. The molecule has 2 fully saturated rings. The van der Waals surface area contributed by atoms with E-state index in [9.17, 15) is 0 Å². The number of aliphatic hydroxyl groups is 1. The summed E-state index contributed by atoms with van der Waals surface area (Å²) in [6.07, 6.45) is 2.23. The largest absolute Gasteiger partial charge is 0.384 e. The van der Waals surface area contributed by atoms with E-state index < -0.39 is 0 Å². The fourth-order valence-electron chi connectivity index (χ4n) is 3.04. The zero-order valence-corrected chi connectivity index (χ0v) is 15.5. The molecule has 0 amide bonds. The Morgan fingerprint density at radius 2 is 2.13 bits per heavy atom. The molecule has 1 aromatic heterocycles. The molecule has 0 radical (unpaired) electrons. The Kier molecular flexibility index (Phi) is 8.88. The predicted octanol–water partition coefficient (Wildman–Crippen LogP) is 1.89. The highest BCUT2D eigenvalue weighted by Crippen LogP contribution is 2.28. The molecule has 1 spiro atoms. The van der Waals surface area contributed by atoms with Crippen LogP contribution in [-0.4, -0.2) is 55.0 Å². The van der Waals surface area contributed by atoms with Crippen LogP contribution in [0.4, 0.5) is 0 Å². The van der Waals surface area contributed by atoms with Gasteiger partial charge in [0.05, 0.1) is 12.2 Å². The number of piperidine rings is 1. The zero-order valence-electron chi connectivity index (χ0n) is 13.0. The minimum atomic E-state index is -0.0760. The summed E-state index contributed by atoms with van der Waals surface area (Å²) >= 11 is 1.75. The molecule has 2 saturated heterocycles. The summed E-state index contributed by atoms with van der Waals surface area (Å²) in [5.41, 5.74) is 1.10. The van der Waals surface area contributed by atoms with E-state index in [1.165, 1.54) is 4.88 Å². The number of hydrogen-bond acceptors (Lipinski definition) is 5. The summed E-state index contributed by atoms with van der Waals surface area (Å²) in [6, 6.07) is 2.14. The SMILES string of the molecule is Cl.Cl.OCC#Cc1csc(CN2CCC3(CC2)CNCCO3)c1. The second-order valence-corrected chi connectivity index (χ2v) is 6.74. The molecular formula is C16H24Cl2N2O2S. The average molecular weight is 379 g/mol. The van der Waals surface area contributed by atoms with Gasteiger partial charge >= 0.3 is 0 Å². The molecule has 0 aliphatic carbocycles. The maximum absolute atomic E-state index is 8.72. The minimum absolute atomic E-state index is 0. The molecule has 1 aromatic rings. The topological polar surface area (TPSA) is 44.7 Å². The van der Waals surface area contributed by atoms with Crippen LogP contribution < -0.4 is 5.32 Å². The normalized spacial score (nSPS) is 20.0. The standard InChI is InChI=1S/C16H22N2O2S.2ClH/c19-8-1-2-14-10-15(21-12-14)11-18-6-3-16(4-7-18)13-17-5-9-20-16;;/h10,12,17,19H,3-9,11,13H2;2*1H. The molecule has 130 valence electrons. The molecule has 2 aliphatic rings. The second-order valence-electron chi connectivity index (χ2n) is 5.75. The third-order valence-electron chi connectivity index (χ3n) is 4.25. The van der Waals surface area contributed by atoms with Gasteiger partial charge in [-0.1, -0.05) is 11.8 Å². The van der Waals surface area contributed by atoms with Crippen molar-refractivity contribution in [3.8, 4) is 11.8 Å². The summed E-state index contributed by atoms with van der Waals surface area (Å²) in [4.78, 5) is 3.84. The second kappa shape index (κ2) is 9.85. The number of ether oxygens (including phenoxy) is 1. The third-order valence-corrected chi connectivity index (χ3v) is 5.17. The van der Waals surface area contributed by atoms with Gasteiger partial charge in [0.25, 0.3) is 0 Å². The molecule has 2 aliphatic heterocycles. The number of nitrogens with zero attached hydrogens (tertiary/aromatic N) is 1. The Morgan fingerprint density at radius 1 is 1.35 bits per heavy atom. The van der Waals surface area contributed by atoms with Crippen molar-refractivity contribution in [2.24, 2.45) is 0 Å². The monoisotopic (exact) mass is 378 g/mol. The van der Waals surface area contributed by atoms with Crippen molar-refractivity contribution in [2.45, 2.75) is 25.0 Å². The molecule has 7 heteroatoms. The molecule has 0 saturated carbocycles. The van der Waals surface area contributed by atoms with Gasteiger partial charge in [0, 0.05) is 48.5 Å². The van der Waals surface area contributed by atoms with Gasteiger partial charge in [-0.05, 0) is 18.9 Å². The fraction of sp³-hybridized carbons (Fsp3) is 0.625. The Labute approximate surface area is 154 Å². The first-order chi connectivity index (χ1) is 10.3. The highest BCUT2D eigenvalue weighted by molar-refractivity contribution is 7.10. The van der Waals surface area contributed by atoms with Gasteiger partial charge in [-0.2, -0.15) is 0 Å². The number of morpholine rings is 1. The molecular weight excluding hydrogens is 355 g/mol. The van der Waals surface area contributed by atoms with Crippen LogP contribution in [0.25, 0.3) is 0 Å².